The van der Waals surface area contributed by atoms with Gasteiger partial charge in [-0.15, -0.1) is 0 Å². The molecule has 1 saturated heterocycles. The second-order valence-corrected chi connectivity index (χ2v) is 7.80. The third kappa shape index (κ3) is 6.47. The number of carbonyl (C=O) groups excluding carboxylic acids is 1. The van der Waals surface area contributed by atoms with E-state index in [1.165, 1.54) is 0 Å². The van der Waals surface area contributed by atoms with E-state index >= 15 is 0 Å². The van der Waals surface area contributed by atoms with E-state index < -0.39 is 0 Å². The lowest BCUT2D eigenvalue weighted by atomic mass is 10.2. The number of aromatic nitrogens is 2. The number of benzene rings is 1. The van der Waals surface area contributed by atoms with Gasteiger partial charge in [-0.3, -0.25) is 4.90 Å². The average Bonchev–Trinajstić information content (AvgIpc) is 3.18. The Morgan fingerprint density at radius 1 is 1.27 bits per heavy atom. The number of urea groups is 1. The van der Waals surface area contributed by atoms with Crippen LogP contribution in [0.15, 0.2) is 36.7 Å². The maximum atomic E-state index is 12.8. The zero-order valence-corrected chi connectivity index (χ0v) is 18.2. The molecule has 1 aromatic carbocycles. The Morgan fingerprint density at radius 2 is 2.00 bits per heavy atom. The number of methoxy groups -OCH3 is 1. The molecule has 0 radical (unpaired) electrons. The summed E-state index contributed by atoms with van der Waals surface area (Å²) < 4.78 is 12.7. The predicted octanol–water partition coefficient (Wildman–Crippen LogP) is 2.19. The van der Waals surface area contributed by atoms with E-state index in [9.17, 15) is 4.79 Å². The topological polar surface area (TPSA) is 71.9 Å². The van der Waals surface area contributed by atoms with Crippen LogP contribution in [0.1, 0.15) is 25.2 Å². The highest BCUT2D eigenvalue weighted by Gasteiger charge is 2.19. The molecule has 0 aliphatic carbocycles. The van der Waals surface area contributed by atoms with Crippen LogP contribution in [0.25, 0.3) is 0 Å². The van der Waals surface area contributed by atoms with Crippen molar-refractivity contribution < 1.29 is 14.3 Å². The summed E-state index contributed by atoms with van der Waals surface area (Å²) in [6.07, 6.45) is 3.75. The Labute approximate surface area is 178 Å². The summed E-state index contributed by atoms with van der Waals surface area (Å²) in [5.74, 6) is 1.70. The monoisotopic (exact) mass is 415 g/mol. The van der Waals surface area contributed by atoms with E-state index in [2.05, 4.69) is 19.8 Å². The maximum Gasteiger partial charge on any atom is 0.318 e. The molecule has 2 amide bonds. The predicted molar refractivity (Wildman–Crippen MR) is 116 cm³/mol. The van der Waals surface area contributed by atoms with E-state index in [1.54, 1.807) is 13.3 Å². The molecule has 0 bridgehead atoms. The Balaban J connectivity index is 1.66. The van der Waals surface area contributed by atoms with E-state index in [1.807, 2.05) is 49.2 Å². The van der Waals surface area contributed by atoms with Crippen molar-refractivity contribution in [3.8, 4) is 5.75 Å². The van der Waals surface area contributed by atoms with Crippen molar-refractivity contribution in [2.24, 2.45) is 0 Å². The van der Waals surface area contributed by atoms with E-state index in [4.69, 9.17) is 9.47 Å². The quantitative estimate of drug-likeness (QED) is 0.680. The van der Waals surface area contributed by atoms with Crippen LogP contribution in [0.5, 0.6) is 5.75 Å². The minimum atomic E-state index is -0.0581. The molecule has 30 heavy (non-hydrogen) atoms. The third-order valence-corrected chi connectivity index (χ3v) is 5.14. The lowest BCUT2D eigenvalue weighted by Crippen LogP contribution is -2.47. The van der Waals surface area contributed by atoms with Crippen molar-refractivity contribution in [3.63, 3.8) is 0 Å². The Kier molecular flexibility index (Phi) is 8.10. The summed E-state index contributed by atoms with van der Waals surface area (Å²) in [6, 6.07) is 8.03. The second kappa shape index (κ2) is 11.0. The lowest BCUT2D eigenvalue weighted by molar-refractivity contribution is 0.0345. The molecule has 0 spiro atoms. The van der Waals surface area contributed by atoms with Crippen LogP contribution in [-0.2, 0) is 17.8 Å². The van der Waals surface area contributed by atoms with Gasteiger partial charge in [0.1, 0.15) is 11.6 Å². The van der Waals surface area contributed by atoms with Crippen LogP contribution in [0.2, 0.25) is 0 Å². The first-order chi connectivity index (χ1) is 14.5. The van der Waals surface area contributed by atoms with Gasteiger partial charge in [-0.2, -0.15) is 0 Å². The molecule has 2 aromatic rings. The molecule has 1 N–H and O–H groups in total. The van der Waals surface area contributed by atoms with Crippen molar-refractivity contribution in [2.45, 2.75) is 33.0 Å². The zero-order chi connectivity index (χ0) is 21.3. The van der Waals surface area contributed by atoms with Gasteiger partial charge in [-0.25, -0.2) is 9.78 Å². The van der Waals surface area contributed by atoms with Crippen molar-refractivity contribution in [2.75, 3.05) is 46.5 Å². The van der Waals surface area contributed by atoms with Crippen LogP contribution in [-0.4, -0.2) is 77.9 Å². The first kappa shape index (κ1) is 22.1. The first-order valence-corrected chi connectivity index (χ1v) is 10.5. The molecule has 0 atom stereocenters. The Hall–Kier alpha value is -2.58. The highest BCUT2D eigenvalue weighted by Crippen LogP contribution is 2.14. The number of nitrogens with one attached hydrogen (secondary N) is 1. The smallest absolute Gasteiger partial charge is 0.318 e. The molecule has 1 fully saturated rings. The molecule has 1 aromatic heterocycles. The molecule has 164 valence electrons. The molecule has 8 heteroatoms. The van der Waals surface area contributed by atoms with E-state index in [0.717, 1.165) is 50.0 Å². The molecule has 0 unspecified atom stereocenters. The van der Waals surface area contributed by atoms with Crippen LogP contribution in [0.3, 0.4) is 0 Å². The number of hydrogen-bond donors (Lipinski definition) is 1. The highest BCUT2D eigenvalue weighted by atomic mass is 16.5. The molecule has 2 heterocycles. The highest BCUT2D eigenvalue weighted by molar-refractivity contribution is 5.74. The largest absolute Gasteiger partial charge is 0.497 e. The summed E-state index contributed by atoms with van der Waals surface area (Å²) in [6.45, 7) is 9.91. The molecule has 0 saturated carbocycles. The summed E-state index contributed by atoms with van der Waals surface area (Å²) in [5.41, 5.74) is 1.15. The maximum absolute atomic E-state index is 12.8. The average molecular weight is 416 g/mol. The van der Waals surface area contributed by atoms with Crippen LogP contribution < -0.4 is 10.1 Å². The third-order valence-electron chi connectivity index (χ3n) is 5.14. The zero-order valence-electron chi connectivity index (χ0n) is 18.2. The van der Waals surface area contributed by atoms with Crippen LogP contribution in [0, 0.1) is 0 Å². The summed E-state index contributed by atoms with van der Waals surface area (Å²) >= 11 is 0. The molecule has 1 aliphatic rings. The van der Waals surface area contributed by atoms with E-state index in [-0.39, 0.29) is 12.1 Å². The van der Waals surface area contributed by atoms with Crippen LogP contribution >= 0.6 is 0 Å². The van der Waals surface area contributed by atoms with Crippen molar-refractivity contribution >= 4 is 6.03 Å². The molecular weight excluding hydrogens is 382 g/mol. The Morgan fingerprint density at radius 3 is 2.67 bits per heavy atom. The number of rotatable bonds is 9. The van der Waals surface area contributed by atoms with Crippen LogP contribution in [0.4, 0.5) is 4.79 Å². The number of carbonyl (C=O) groups is 1. The van der Waals surface area contributed by atoms with Crippen molar-refractivity contribution in [1.29, 1.82) is 0 Å². The number of amides is 2. The minimum Gasteiger partial charge on any atom is -0.497 e. The van der Waals surface area contributed by atoms with Gasteiger partial charge in [0.25, 0.3) is 0 Å². The fraction of sp³-hybridized carbons (Fsp3) is 0.545. The first-order valence-electron chi connectivity index (χ1n) is 10.5. The van der Waals surface area contributed by atoms with Gasteiger partial charge in [0.15, 0.2) is 0 Å². The van der Waals surface area contributed by atoms with Gasteiger partial charge >= 0.3 is 6.03 Å². The summed E-state index contributed by atoms with van der Waals surface area (Å²) in [5, 5.41) is 3.02. The van der Waals surface area contributed by atoms with Gasteiger partial charge in [-0.05, 0) is 31.5 Å². The Bertz CT molecular complexity index is 784. The number of imidazole rings is 1. The second-order valence-electron chi connectivity index (χ2n) is 7.80. The number of hydrogen-bond acceptors (Lipinski definition) is 5. The molecule has 1 aliphatic heterocycles. The SMILES string of the molecule is COc1ccc(Cn2ccnc2CN(CCN2CCOCC2)C(=O)NC(C)C)cc1. The molecule has 3 rings (SSSR count). The fourth-order valence-corrected chi connectivity index (χ4v) is 3.41. The minimum absolute atomic E-state index is 0.0581. The number of nitrogens with zero attached hydrogens (tertiary/aromatic N) is 4. The fourth-order valence-electron chi connectivity index (χ4n) is 3.41. The van der Waals surface area contributed by atoms with Crippen molar-refractivity contribution in [1.82, 2.24) is 24.7 Å². The lowest BCUT2D eigenvalue weighted by Gasteiger charge is -2.30. The standard InChI is InChI=1S/C22H33N5O3/c1-18(2)24-22(28)27(11-10-25-12-14-30-15-13-25)17-21-23-8-9-26(21)16-19-4-6-20(29-3)7-5-19/h4-9,18H,10-17H2,1-3H3,(H,24,28). The van der Waals surface area contributed by atoms with Gasteiger partial charge in [0.2, 0.25) is 0 Å². The van der Waals surface area contributed by atoms with Gasteiger partial charge < -0.3 is 24.3 Å². The molecular formula is C22H33N5O3. The molecule has 8 nitrogen and oxygen atoms in total. The summed E-state index contributed by atoms with van der Waals surface area (Å²) in [4.78, 5) is 21.5. The van der Waals surface area contributed by atoms with Gasteiger partial charge in [0, 0.05) is 51.2 Å². The normalized spacial score (nSPS) is 14.7. The van der Waals surface area contributed by atoms with Gasteiger partial charge in [0.05, 0.1) is 26.9 Å². The van der Waals surface area contributed by atoms with Crippen molar-refractivity contribution in [3.05, 3.63) is 48.0 Å². The van der Waals surface area contributed by atoms with Gasteiger partial charge in [-0.1, -0.05) is 12.1 Å². The van der Waals surface area contributed by atoms with E-state index in [0.29, 0.717) is 19.6 Å². The number of morpholine rings is 1. The summed E-state index contributed by atoms with van der Waals surface area (Å²) in [7, 11) is 1.66. The number of ether oxygens (including phenoxy) is 2.